The van der Waals surface area contributed by atoms with Crippen LogP contribution in [0, 0.1) is 0 Å². The lowest BCUT2D eigenvalue weighted by atomic mass is 10.2. The van der Waals surface area contributed by atoms with E-state index < -0.39 is 24.7 Å². The second-order valence-corrected chi connectivity index (χ2v) is 7.95. The number of rotatable bonds is 6. The zero-order chi connectivity index (χ0) is 18.9. The molecule has 0 aliphatic carbocycles. The molecule has 0 fully saturated rings. The minimum atomic E-state index is -4.61. The van der Waals surface area contributed by atoms with E-state index in [-0.39, 0.29) is 12.0 Å². The van der Waals surface area contributed by atoms with Gasteiger partial charge in [-0.2, -0.15) is 13.2 Å². The molecular formula is C16H13F3N2O3S2. The summed E-state index contributed by atoms with van der Waals surface area (Å²) in [5.41, 5.74) is 0.907. The molecule has 0 amide bonds. The van der Waals surface area contributed by atoms with E-state index in [4.69, 9.17) is 10.2 Å². The van der Waals surface area contributed by atoms with Crippen LogP contribution in [0.2, 0.25) is 0 Å². The summed E-state index contributed by atoms with van der Waals surface area (Å²) in [5, 5.41) is 18.1. The number of hydrogen-bond acceptors (Lipinski definition) is 5. The number of alkyl halides is 3. The van der Waals surface area contributed by atoms with Crippen LogP contribution in [0.15, 0.2) is 46.0 Å². The molecule has 3 aromatic rings. The molecular weight excluding hydrogens is 389 g/mol. The molecule has 5 nitrogen and oxygen atoms in total. The average Bonchev–Trinajstić information content (AvgIpc) is 3.18. The molecule has 26 heavy (non-hydrogen) atoms. The number of carbonyl (C=O) groups is 1. The maximum atomic E-state index is 12.3. The molecule has 0 saturated heterocycles. The van der Waals surface area contributed by atoms with Crippen molar-refractivity contribution in [2.75, 3.05) is 0 Å². The Hall–Kier alpha value is -2.04. The molecule has 3 rings (SSSR count). The monoisotopic (exact) mass is 402 g/mol. The van der Waals surface area contributed by atoms with Gasteiger partial charge in [0.15, 0.2) is 4.34 Å². The quantitative estimate of drug-likeness (QED) is 0.649. The minimum Gasteiger partial charge on any atom is -0.478 e. The lowest BCUT2D eigenvalue weighted by Crippen LogP contribution is -2.28. The highest BCUT2D eigenvalue weighted by Gasteiger charge is 2.37. The van der Waals surface area contributed by atoms with E-state index in [2.05, 4.69) is 4.98 Å². The highest BCUT2D eigenvalue weighted by Crippen LogP contribution is 2.33. The average molecular weight is 402 g/mol. The Bertz CT molecular complexity index is 936. The highest BCUT2D eigenvalue weighted by atomic mass is 32.2. The molecule has 0 aliphatic heterocycles. The summed E-state index contributed by atoms with van der Waals surface area (Å²) in [6.07, 6.45) is -2.49. The van der Waals surface area contributed by atoms with Crippen molar-refractivity contribution in [3.05, 3.63) is 47.2 Å². The number of nitrogens with zero attached hydrogens (tertiary/aromatic N) is 2. The van der Waals surface area contributed by atoms with E-state index in [9.17, 15) is 18.0 Å². The summed E-state index contributed by atoms with van der Waals surface area (Å²) in [7, 11) is 0. The highest BCUT2D eigenvalue weighted by molar-refractivity contribution is 8.01. The molecule has 3 aromatic heterocycles. The Morgan fingerprint density at radius 1 is 1.38 bits per heavy atom. The summed E-state index contributed by atoms with van der Waals surface area (Å²) in [5.74, 6) is -1.01. The number of carboxylic acids is 1. The van der Waals surface area contributed by atoms with Crippen LogP contribution in [-0.4, -0.2) is 37.8 Å². The number of thiazole rings is 1. The van der Waals surface area contributed by atoms with Crippen LogP contribution >= 0.6 is 23.1 Å². The molecule has 0 radical (unpaired) electrons. The number of aliphatic hydroxyl groups excluding tert-OH is 1. The van der Waals surface area contributed by atoms with Gasteiger partial charge in [0.1, 0.15) is 6.10 Å². The van der Waals surface area contributed by atoms with Gasteiger partial charge in [-0.05, 0) is 31.0 Å². The van der Waals surface area contributed by atoms with Gasteiger partial charge in [0.05, 0.1) is 5.56 Å². The number of hydrogen-bond donors (Lipinski definition) is 2. The molecule has 10 heteroatoms. The van der Waals surface area contributed by atoms with Gasteiger partial charge < -0.3 is 14.6 Å². The Labute approximate surface area is 154 Å². The number of carboxylic acid groups (broad SMARTS) is 1. The minimum absolute atomic E-state index is 0.0958. The molecule has 138 valence electrons. The maximum Gasteiger partial charge on any atom is 0.414 e. The topological polar surface area (TPSA) is 74.8 Å². The van der Waals surface area contributed by atoms with Crippen molar-refractivity contribution in [3.8, 4) is 0 Å². The molecule has 1 unspecified atom stereocenters. The lowest BCUT2D eigenvalue weighted by Gasteiger charge is -2.13. The summed E-state index contributed by atoms with van der Waals surface area (Å²) < 4.78 is 39.3. The van der Waals surface area contributed by atoms with Gasteiger partial charge >= 0.3 is 12.1 Å². The third-order valence-electron chi connectivity index (χ3n) is 3.60. The van der Waals surface area contributed by atoms with Gasteiger partial charge in [-0.1, -0.05) is 11.8 Å². The fourth-order valence-electron chi connectivity index (χ4n) is 2.26. The molecule has 2 N–H and O–H groups in total. The van der Waals surface area contributed by atoms with Crippen LogP contribution in [0.25, 0.3) is 5.52 Å². The number of aliphatic hydroxyl groups is 1. The molecule has 0 aliphatic rings. The van der Waals surface area contributed by atoms with Crippen molar-refractivity contribution in [1.29, 1.82) is 0 Å². The van der Waals surface area contributed by atoms with E-state index in [1.54, 1.807) is 22.7 Å². The SMILES string of the molecule is O=C(O)c1cc2cc(Sc3ncc(CCC(O)C(F)(F)F)s3)ccn2c1. The first-order valence-electron chi connectivity index (χ1n) is 7.45. The van der Waals surface area contributed by atoms with Crippen LogP contribution in [0.5, 0.6) is 0 Å². The largest absolute Gasteiger partial charge is 0.478 e. The van der Waals surface area contributed by atoms with Crippen LogP contribution in [0.4, 0.5) is 13.2 Å². The zero-order valence-corrected chi connectivity index (χ0v) is 14.7. The summed E-state index contributed by atoms with van der Waals surface area (Å²) in [6, 6.07) is 5.17. The number of pyridine rings is 1. The Balaban J connectivity index is 1.67. The van der Waals surface area contributed by atoms with Gasteiger partial charge in [-0.25, -0.2) is 9.78 Å². The summed E-state index contributed by atoms with van der Waals surface area (Å²) in [4.78, 5) is 16.7. The molecule has 3 heterocycles. The van der Waals surface area contributed by atoms with Crippen molar-refractivity contribution in [2.45, 2.75) is 34.4 Å². The number of aromatic nitrogens is 2. The number of aryl methyl sites for hydroxylation is 1. The Morgan fingerprint density at radius 3 is 2.85 bits per heavy atom. The first-order valence-corrected chi connectivity index (χ1v) is 9.08. The Kier molecular flexibility index (Phi) is 5.26. The molecule has 0 spiro atoms. The standard InChI is InChI=1S/C16H13F3N2O3S2/c17-16(18,19)13(22)2-1-12-7-20-15(26-12)25-11-3-4-21-8-9(14(23)24)5-10(21)6-11/h3-8,13,22H,1-2H2,(H,23,24). The second-order valence-electron chi connectivity index (χ2n) is 5.52. The number of halogens is 3. The third-order valence-corrected chi connectivity index (χ3v) is 5.72. The summed E-state index contributed by atoms with van der Waals surface area (Å²) >= 11 is 2.61. The van der Waals surface area contributed by atoms with Gasteiger partial charge in [0.2, 0.25) is 0 Å². The Morgan fingerprint density at radius 2 is 2.15 bits per heavy atom. The predicted octanol–water partition coefficient (Wildman–Crippen LogP) is 4.10. The van der Waals surface area contributed by atoms with Crippen molar-refractivity contribution in [1.82, 2.24) is 9.38 Å². The molecule has 0 saturated carbocycles. The van der Waals surface area contributed by atoms with Gasteiger partial charge in [-0.15, -0.1) is 11.3 Å². The van der Waals surface area contributed by atoms with Crippen molar-refractivity contribution < 1.29 is 28.2 Å². The smallest absolute Gasteiger partial charge is 0.414 e. The van der Waals surface area contributed by atoms with Crippen molar-refractivity contribution in [3.63, 3.8) is 0 Å². The van der Waals surface area contributed by atoms with Crippen LogP contribution < -0.4 is 0 Å². The van der Waals surface area contributed by atoms with E-state index in [1.807, 2.05) is 6.07 Å². The molecule has 0 bridgehead atoms. The van der Waals surface area contributed by atoms with Crippen LogP contribution in [0.1, 0.15) is 21.7 Å². The van der Waals surface area contributed by atoms with Crippen LogP contribution in [-0.2, 0) is 6.42 Å². The van der Waals surface area contributed by atoms with E-state index in [0.29, 0.717) is 9.22 Å². The number of fused-ring (bicyclic) bond motifs is 1. The molecule has 0 aromatic carbocycles. The first kappa shape index (κ1) is 18.7. The van der Waals surface area contributed by atoms with Gasteiger partial charge in [-0.3, -0.25) is 0 Å². The zero-order valence-electron chi connectivity index (χ0n) is 13.1. The van der Waals surface area contributed by atoms with Crippen molar-refractivity contribution in [2.24, 2.45) is 0 Å². The van der Waals surface area contributed by atoms with Crippen LogP contribution in [0.3, 0.4) is 0 Å². The number of aromatic carboxylic acids is 1. The van der Waals surface area contributed by atoms with E-state index in [0.717, 1.165) is 10.4 Å². The normalized spacial score (nSPS) is 13.2. The fourth-order valence-corrected chi connectivity index (χ4v) is 4.31. The van der Waals surface area contributed by atoms with E-state index in [1.165, 1.54) is 35.5 Å². The van der Waals surface area contributed by atoms with Gasteiger partial charge in [0.25, 0.3) is 0 Å². The summed E-state index contributed by atoms with van der Waals surface area (Å²) in [6.45, 7) is 0. The van der Waals surface area contributed by atoms with Gasteiger partial charge in [0, 0.05) is 33.9 Å². The third kappa shape index (κ3) is 4.37. The predicted molar refractivity (Wildman–Crippen MR) is 91.0 cm³/mol. The maximum absolute atomic E-state index is 12.3. The first-order chi connectivity index (χ1) is 12.2. The fraction of sp³-hybridized carbons (Fsp3) is 0.250. The van der Waals surface area contributed by atoms with Crippen molar-refractivity contribution >= 4 is 34.6 Å². The second kappa shape index (κ2) is 7.29. The van der Waals surface area contributed by atoms with E-state index >= 15 is 0 Å². The molecule has 1 atom stereocenters. The lowest BCUT2D eigenvalue weighted by molar-refractivity contribution is -0.205.